The Morgan fingerprint density at radius 2 is 1.97 bits per heavy atom. The van der Waals surface area contributed by atoms with Gasteiger partial charge in [0.15, 0.2) is 6.23 Å². The number of aromatic nitrogens is 3. The Morgan fingerprint density at radius 1 is 1.22 bits per heavy atom. The van der Waals surface area contributed by atoms with Crippen molar-refractivity contribution in [3.05, 3.63) is 47.8 Å². The molecular formula is C20H27N5O6S. The zero-order chi connectivity index (χ0) is 23.1. The van der Waals surface area contributed by atoms with E-state index < -0.39 is 43.1 Å². The average molecular weight is 466 g/mol. The van der Waals surface area contributed by atoms with E-state index in [-0.39, 0.29) is 12.5 Å². The second-order valence-corrected chi connectivity index (χ2v) is 8.39. The minimum Gasteiger partial charge on any atom is -0.394 e. The van der Waals surface area contributed by atoms with Crippen LogP contribution in [-0.2, 0) is 26.6 Å². The van der Waals surface area contributed by atoms with Gasteiger partial charge in [-0.25, -0.2) is 4.68 Å². The highest BCUT2D eigenvalue weighted by Crippen LogP contribution is 2.28. The van der Waals surface area contributed by atoms with Gasteiger partial charge in [-0.05, 0) is 5.56 Å². The van der Waals surface area contributed by atoms with Crippen molar-refractivity contribution in [1.29, 1.82) is 0 Å². The summed E-state index contributed by atoms with van der Waals surface area (Å²) in [6, 6.07) is 8.84. The molecule has 1 aromatic heterocycles. The molecule has 2 amide bonds. The third-order valence-corrected chi connectivity index (χ3v) is 5.90. The highest BCUT2D eigenvalue weighted by atomic mass is 32.2. The molecule has 0 radical (unpaired) electrons. The molecule has 1 fully saturated rings. The lowest BCUT2D eigenvalue weighted by atomic mass is 9.96. The zero-order valence-corrected chi connectivity index (χ0v) is 18.3. The van der Waals surface area contributed by atoms with Crippen molar-refractivity contribution < 1.29 is 29.6 Å². The van der Waals surface area contributed by atoms with Crippen LogP contribution in [0.1, 0.15) is 24.4 Å². The van der Waals surface area contributed by atoms with E-state index in [2.05, 4.69) is 20.9 Å². The fraction of sp³-hybridized carbons (Fsp3) is 0.500. The van der Waals surface area contributed by atoms with E-state index >= 15 is 0 Å². The van der Waals surface area contributed by atoms with Crippen LogP contribution in [0.4, 0.5) is 0 Å². The van der Waals surface area contributed by atoms with Crippen LogP contribution in [0, 0.1) is 0 Å². The first kappa shape index (κ1) is 24.1. The molecule has 1 aliphatic heterocycles. The fourth-order valence-electron chi connectivity index (χ4n) is 3.31. The van der Waals surface area contributed by atoms with Gasteiger partial charge in [0.1, 0.15) is 30.0 Å². The number of ether oxygens (including phenoxy) is 1. The lowest BCUT2D eigenvalue weighted by molar-refractivity contribution is -0.219. The molecule has 0 aliphatic carbocycles. The van der Waals surface area contributed by atoms with Crippen LogP contribution in [-0.4, -0.2) is 78.8 Å². The predicted molar refractivity (Wildman–Crippen MR) is 115 cm³/mol. The summed E-state index contributed by atoms with van der Waals surface area (Å²) in [5, 5.41) is 43.2. The SMILES string of the molecule is CC(=O)NC1[C@@H](O)[C@H](O)C(CO)O[C@H]1n1cc(CNC(=O)CSCc2ccccc2)nn1. The van der Waals surface area contributed by atoms with E-state index in [0.29, 0.717) is 11.4 Å². The third-order valence-electron chi connectivity index (χ3n) is 4.90. The predicted octanol–water partition coefficient (Wildman–Crippen LogP) is -1.06. The molecule has 11 nitrogen and oxygen atoms in total. The number of aliphatic hydroxyl groups excluding tert-OH is 3. The van der Waals surface area contributed by atoms with Crippen molar-refractivity contribution in [3.63, 3.8) is 0 Å². The van der Waals surface area contributed by atoms with Crippen LogP contribution in [0.3, 0.4) is 0 Å². The van der Waals surface area contributed by atoms with Gasteiger partial charge in [0, 0.05) is 12.7 Å². The molecule has 32 heavy (non-hydrogen) atoms. The van der Waals surface area contributed by atoms with Gasteiger partial charge >= 0.3 is 0 Å². The minimum absolute atomic E-state index is 0.136. The quantitative estimate of drug-likeness (QED) is 0.311. The third kappa shape index (κ3) is 6.26. The zero-order valence-electron chi connectivity index (χ0n) is 17.5. The van der Waals surface area contributed by atoms with Gasteiger partial charge in [-0.3, -0.25) is 9.59 Å². The molecule has 0 saturated carbocycles. The lowest BCUT2D eigenvalue weighted by Gasteiger charge is -2.42. The number of benzene rings is 1. The normalized spacial score (nSPS) is 25.3. The first-order chi connectivity index (χ1) is 15.4. The minimum atomic E-state index is -1.39. The molecule has 2 aromatic rings. The van der Waals surface area contributed by atoms with Crippen molar-refractivity contribution >= 4 is 23.6 Å². The second kappa shape index (κ2) is 11.4. The van der Waals surface area contributed by atoms with E-state index in [4.69, 9.17) is 4.74 Å². The molecule has 5 N–H and O–H groups in total. The number of thioether (sulfide) groups is 1. The molecule has 0 spiro atoms. The van der Waals surface area contributed by atoms with Gasteiger partial charge < -0.3 is 30.7 Å². The van der Waals surface area contributed by atoms with Crippen LogP contribution in [0.15, 0.2) is 36.5 Å². The summed E-state index contributed by atoms with van der Waals surface area (Å²) in [5.74, 6) is 0.442. The van der Waals surface area contributed by atoms with Crippen LogP contribution < -0.4 is 10.6 Å². The summed E-state index contributed by atoms with van der Waals surface area (Å²) in [6.45, 7) is 0.878. The summed E-state index contributed by atoms with van der Waals surface area (Å²) in [4.78, 5) is 23.6. The van der Waals surface area contributed by atoms with Crippen LogP contribution in [0.2, 0.25) is 0 Å². The highest BCUT2D eigenvalue weighted by Gasteiger charge is 2.46. The fourth-order valence-corrected chi connectivity index (χ4v) is 4.13. The Balaban J connectivity index is 1.55. The van der Waals surface area contributed by atoms with Crippen molar-refractivity contribution in [2.75, 3.05) is 12.4 Å². The van der Waals surface area contributed by atoms with E-state index in [9.17, 15) is 24.9 Å². The number of carbonyl (C=O) groups excluding carboxylic acids is 2. The van der Waals surface area contributed by atoms with Gasteiger partial charge in [0.2, 0.25) is 11.8 Å². The van der Waals surface area contributed by atoms with Crippen molar-refractivity contribution in [1.82, 2.24) is 25.6 Å². The van der Waals surface area contributed by atoms with Gasteiger partial charge in [-0.2, -0.15) is 0 Å². The molecule has 12 heteroatoms. The van der Waals surface area contributed by atoms with Crippen molar-refractivity contribution in [2.24, 2.45) is 0 Å². The number of hydrogen-bond donors (Lipinski definition) is 5. The molecule has 1 aliphatic rings. The maximum absolute atomic E-state index is 12.1. The Labute approximate surface area is 189 Å². The molecule has 1 saturated heterocycles. The first-order valence-electron chi connectivity index (χ1n) is 10.1. The number of hydrogen-bond acceptors (Lipinski definition) is 9. The maximum atomic E-state index is 12.1. The summed E-state index contributed by atoms with van der Waals surface area (Å²) in [6.07, 6.45) is -3.33. The smallest absolute Gasteiger partial charge is 0.230 e. The number of nitrogens with zero attached hydrogens (tertiary/aromatic N) is 3. The molecule has 2 unspecified atom stereocenters. The Bertz CT molecular complexity index is 898. The van der Waals surface area contributed by atoms with Crippen molar-refractivity contribution in [3.8, 4) is 0 Å². The summed E-state index contributed by atoms with van der Waals surface area (Å²) in [7, 11) is 0. The number of rotatable bonds is 9. The number of carbonyl (C=O) groups is 2. The Kier molecular flexibility index (Phi) is 8.59. The summed E-state index contributed by atoms with van der Waals surface area (Å²) < 4.78 is 6.93. The van der Waals surface area contributed by atoms with E-state index in [1.54, 1.807) is 0 Å². The number of amides is 2. The van der Waals surface area contributed by atoms with Crippen LogP contribution in [0.5, 0.6) is 0 Å². The number of nitrogens with one attached hydrogen (secondary N) is 2. The summed E-state index contributed by atoms with van der Waals surface area (Å²) in [5.41, 5.74) is 1.58. The van der Waals surface area contributed by atoms with Gasteiger partial charge in [0.05, 0.1) is 25.1 Å². The summed E-state index contributed by atoms with van der Waals surface area (Å²) >= 11 is 1.50. The highest BCUT2D eigenvalue weighted by molar-refractivity contribution is 7.99. The molecule has 3 rings (SSSR count). The molecule has 174 valence electrons. The first-order valence-corrected chi connectivity index (χ1v) is 11.2. The lowest BCUT2D eigenvalue weighted by Crippen LogP contribution is -2.62. The average Bonchev–Trinajstić information content (AvgIpc) is 3.25. The second-order valence-electron chi connectivity index (χ2n) is 7.40. The maximum Gasteiger partial charge on any atom is 0.230 e. The van der Waals surface area contributed by atoms with Crippen LogP contribution in [0.25, 0.3) is 0 Å². The molecule has 1 aromatic carbocycles. The standard InChI is InChI=1S/C20H27N5O6S/c1-12(27)22-17-19(30)18(29)15(9-26)31-20(17)25-8-14(23-24-25)7-21-16(28)11-32-10-13-5-3-2-4-6-13/h2-6,8,15,17-20,26,29-30H,7,9-11H2,1H3,(H,21,28)(H,22,27)/t15?,17?,18-,19-,20-/m1/s1. The number of aliphatic hydroxyl groups is 3. The molecule has 5 atom stereocenters. The monoisotopic (exact) mass is 465 g/mol. The topological polar surface area (TPSA) is 159 Å². The van der Waals surface area contributed by atoms with Gasteiger partial charge in [-0.15, -0.1) is 16.9 Å². The van der Waals surface area contributed by atoms with Gasteiger partial charge in [-0.1, -0.05) is 35.5 Å². The Hall–Kier alpha value is -2.51. The van der Waals surface area contributed by atoms with Crippen LogP contribution >= 0.6 is 11.8 Å². The van der Waals surface area contributed by atoms with Crippen molar-refractivity contribution in [2.45, 2.75) is 49.8 Å². The van der Waals surface area contributed by atoms with E-state index in [1.165, 1.54) is 29.6 Å². The van der Waals surface area contributed by atoms with E-state index in [0.717, 1.165) is 11.3 Å². The molecular weight excluding hydrogens is 438 g/mol. The Morgan fingerprint density at radius 3 is 2.66 bits per heavy atom. The largest absolute Gasteiger partial charge is 0.394 e. The van der Waals surface area contributed by atoms with E-state index in [1.807, 2.05) is 30.3 Å². The molecule has 2 heterocycles. The van der Waals surface area contributed by atoms with Gasteiger partial charge in [0.25, 0.3) is 0 Å². The molecule has 0 bridgehead atoms.